The molecule has 5 heteroatoms. The van der Waals surface area contributed by atoms with Gasteiger partial charge in [-0.25, -0.2) is 4.79 Å². The molecule has 1 aliphatic heterocycles. The molecule has 106 valence electrons. The van der Waals surface area contributed by atoms with Crippen molar-refractivity contribution in [3.05, 3.63) is 35.9 Å². The predicted octanol–water partition coefficient (Wildman–Crippen LogP) is 1.87. The van der Waals surface area contributed by atoms with Gasteiger partial charge >= 0.3 is 5.97 Å². The van der Waals surface area contributed by atoms with Crippen LogP contribution in [0.1, 0.15) is 18.4 Å². The maximum atomic E-state index is 11.2. The lowest BCUT2D eigenvalue weighted by Gasteiger charge is -2.26. The smallest absolute Gasteiger partial charge is 0.333 e. The van der Waals surface area contributed by atoms with Crippen molar-refractivity contribution in [2.45, 2.75) is 31.5 Å². The van der Waals surface area contributed by atoms with Gasteiger partial charge in [-0.3, -0.25) is 0 Å². The molecule has 1 saturated heterocycles. The van der Waals surface area contributed by atoms with Crippen molar-refractivity contribution >= 4 is 18.4 Å². The van der Waals surface area contributed by atoms with Crippen LogP contribution < -0.4 is 5.32 Å². The van der Waals surface area contributed by atoms with Crippen LogP contribution in [0.2, 0.25) is 0 Å². The number of rotatable bonds is 5. The van der Waals surface area contributed by atoms with Crippen molar-refractivity contribution in [3.8, 4) is 0 Å². The Kier molecular flexibility index (Phi) is 6.84. The van der Waals surface area contributed by atoms with Crippen LogP contribution in [-0.2, 0) is 16.0 Å². The molecule has 2 N–H and O–H groups in total. The van der Waals surface area contributed by atoms with Crippen LogP contribution in [0.4, 0.5) is 0 Å². The number of nitrogens with one attached hydrogen (secondary N) is 1. The number of hydrogen-bond acceptors (Lipinski definition) is 3. The number of hydrogen-bond donors (Lipinski definition) is 2. The zero-order valence-corrected chi connectivity index (χ0v) is 11.6. The Morgan fingerprint density at radius 1 is 1.32 bits per heavy atom. The van der Waals surface area contributed by atoms with Crippen LogP contribution in [0.25, 0.3) is 0 Å². The molecule has 0 saturated carbocycles. The summed E-state index contributed by atoms with van der Waals surface area (Å²) < 4.78 is 5.72. The van der Waals surface area contributed by atoms with Gasteiger partial charge in [-0.05, 0) is 31.5 Å². The van der Waals surface area contributed by atoms with Gasteiger partial charge in [0.25, 0.3) is 0 Å². The molecule has 1 atom stereocenters. The summed E-state index contributed by atoms with van der Waals surface area (Å²) in [5, 5.41) is 12.5. The molecule has 1 heterocycles. The fourth-order valence-electron chi connectivity index (χ4n) is 2.19. The van der Waals surface area contributed by atoms with E-state index in [0.29, 0.717) is 6.42 Å². The molecule has 1 fully saturated rings. The van der Waals surface area contributed by atoms with E-state index < -0.39 is 12.1 Å². The summed E-state index contributed by atoms with van der Waals surface area (Å²) in [4.78, 5) is 11.2. The highest BCUT2D eigenvalue weighted by molar-refractivity contribution is 5.85. The lowest BCUT2D eigenvalue weighted by molar-refractivity contribution is -0.155. The molecule has 0 spiro atoms. The van der Waals surface area contributed by atoms with E-state index in [2.05, 4.69) is 5.32 Å². The first-order chi connectivity index (χ1) is 8.75. The number of piperidine rings is 1. The lowest BCUT2D eigenvalue weighted by atomic mass is 10.1. The quantitative estimate of drug-likeness (QED) is 0.867. The number of benzene rings is 1. The zero-order valence-electron chi connectivity index (χ0n) is 10.7. The number of ether oxygens (including phenoxy) is 1. The normalized spacial score (nSPS) is 17.5. The van der Waals surface area contributed by atoms with E-state index in [0.717, 1.165) is 31.5 Å². The van der Waals surface area contributed by atoms with Crippen molar-refractivity contribution in [1.82, 2.24) is 5.32 Å². The summed E-state index contributed by atoms with van der Waals surface area (Å²) in [6.07, 6.45) is 1.53. The largest absolute Gasteiger partial charge is 0.479 e. The maximum Gasteiger partial charge on any atom is 0.333 e. The molecule has 19 heavy (non-hydrogen) atoms. The molecule has 1 aromatic rings. The second kappa shape index (κ2) is 8.15. The third kappa shape index (κ3) is 5.19. The zero-order chi connectivity index (χ0) is 12.8. The molecule has 1 aliphatic rings. The first-order valence-corrected chi connectivity index (χ1v) is 6.38. The molecule has 4 nitrogen and oxygen atoms in total. The summed E-state index contributed by atoms with van der Waals surface area (Å²) in [6, 6.07) is 9.62. The maximum absolute atomic E-state index is 11.2. The van der Waals surface area contributed by atoms with E-state index in [-0.39, 0.29) is 18.5 Å². The number of halogens is 1. The third-order valence-corrected chi connectivity index (χ3v) is 3.18. The minimum atomic E-state index is -0.877. The second-order valence-electron chi connectivity index (χ2n) is 4.60. The Morgan fingerprint density at radius 2 is 1.95 bits per heavy atom. The Hall–Kier alpha value is -1.10. The Morgan fingerprint density at radius 3 is 2.53 bits per heavy atom. The minimum Gasteiger partial charge on any atom is -0.479 e. The van der Waals surface area contributed by atoms with E-state index >= 15 is 0 Å². The van der Waals surface area contributed by atoms with Gasteiger partial charge in [0.1, 0.15) is 0 Å². The summed E-state index contributed by atoms with van der Waals surface area (Å²) in [5.74, 6) is -0.877. The van der Waals surface area contributed by atoms with Crippen LogP contribution >= 0.6 is 12.4 Å². The fraction of sp³-hybridized carbons (Fsp3) is 0.500. The monoisotopic (exact) mass is 285 g/mol. The Balaban J connectivity index is 0.00000180. The van der Waals surface area contributed by atoms with Crippen molar-refractivity contribution in [2.75, 3.05) is 13.1 Å². The van der Waals surface area contributed by atoms with E-state index in [1.807, 2.05) is 30.3 Å². The SMILES string of the molecule is Cl.O=C(O)C(Cc1ccccc1)OC1CCNCC1. The van der Waals surface area contributed by atoms with Gasteiger partial charge in [0.15, 0.2) is 6.10 Å². The predicted molar refractivity (Wildman–Crippen MR) is 75.8 cm³/mol. The van der Waals surface area contributed by atoms with Crippen molar-refractivity contribution in [1.29, 1.82) is 0 Å². The van der Waals surface area contributed by atoms with Gasteiger partial charge in [0.2, 0.25) is 0 Å². The molecule has 0 radical (unpaired) electrons. The average molecular weight is 286 g/mol. The minimum absolute atomic E-state index is 0. The number of aliphatic carboxylic acids is 1. The first kappa shape index (κ1) is 16.0. The molecule has 0 aromatic heterocycles. The highest BCUT2D eigenvalue weighted by Gasteiger charge is 2.24. The van der Waals surface area contributed by atoms with Gasteiger partial charge < -0.3 is 15.2 Å². The Labute approximate surface area is 119 Å². The molecule has 2 rings (SSSR count). The molecular formula is C14H20ClNO3. The summed E-state index contributed by atoms with van der Waals surface area (Å²) in [7, 11) is 0. The van der Waals surface area contributed by atoms with E-state index in [4.69, 9.17) is 4.74 Å². The van der Waals surface area contributed by atoms with Crippen LogP contribution in [-0.4, -0.2) is 36.4 Å². The fourth-order valence-corrected chi connectivity index (χ4v) is 2.19. The van der Waals surface area contributed by atoms with Gasteiger partial charge in [-0.1, -0.05) is 30.3 Å². The van der Waals surface area contributed by atoms with Gasteiger partial charge in [0, 0.05) is 6.42 Å². The highest BCUT2D eigenvalue weighted by atomic mass is 35.5. The van der Waals surface area contributed by atoms with Gasteiger partial charge in [0.05, 0.1) is 6.10 Å². The van der Waals surface area contributed by atoms with Crippen LogP contribution in [0.15, 0.2) is 30.3 Å². The topological polar surface area (TPSA) is 58.6 Å². The molecule has 0 aliphatic carbocycles. The second-order valence-corrected chi connectivity index (χ2v) is 4.60. The summed E-state index contributed by atoms with van der Waals surface area (Å²) in [5.41, 5.74) is 0.999. The van der Waals surface area contributed by atoms with Crippen molar-refractivity contribution < 1.29 is 14.6 Å². The molecule has 0 bridgehead atoms. The molecule has 1 unspecified atom stereocenters. The van der Waals surface area contributed by atoms with Crippen molar-refractivity contribution in [2.24, 2.45) is 0 Å². The van der Waals surface area contributed by atoms with Gasteiger partial charge in [-0.2, -0.15) is 0 Å². The molecule has 1 aromatic carbocycles. The van der Waals surface area contributed by atoms with E-state index in [9.17, 15) is 9.90 Å². The lowest BCUT2D eigenvalue weighted by Crippen LogP contribution is -2.38. The number of carbonyl (C=O) groups is 1. The van der Waals surface area contributed by atoms with Crippen molar-refractivity contribution in [3.63, 3.8) is 0 Å². The standard InChI is InChI=1S/C14H19NO3.ClH/c16-14(17)13(10-11-4-2-1-3-5-11)18-12-6-8-15-9-7-12;/h1-5,12-13,15H,6-10H2,(H,16,17);1H. The number of carboxylic acids is 1. The van der Waals surface area contributed by atoms with Crippen LogP contribution in [0.5, 0.6) is 0 Å². The van der Waals surface area contributed by atoms with Crippen LogP contribution in [0.3, 0.4) is 0 Å². The average Bonchev–Trinajstić information content (AvgIpc) is 2.40. The summed E-state index contributed by atoms with van der Waals surface area (Å²) in [6.45, 7) is 1.81. The molecular weight excluding hydrogens is 266 g/mol. The Bertz CT molecular complexity index is 380. The number of carboxylic acid groups (broad SMARTS) is 1. The first-order valence-electron chi connectivity index (χ1n) is 6.38. The third-order valence-electron chi connectivity index (χ3n) is 3.18. The molecule has 0 amide bonds. The van der Waals surface area contributed by atoms with E-state index in [1.165, 1.54) is 0 Å². The summed E-state index contributed by atoms with van der Waals surface area (Å²) >= 11 is 0. The van der Waals surface area contributed by atoms with Gasteiger partial charge in [-0.15, -0.1) is 12.4 Å². The van der Waals surface area contributed by atoms with Crippen LogP contribution in [0, 0.1) is 0 Å². The highest BCUT2D eigenvalue weighted by Crippen LogP contribution is 2.14. The van der Waals surface area contributed by atoms with E-state index in [1.54, 1.807) is 0 Å².